The van der Waals surface area contributed by atoms with Crippen molar-refractivity contribution in [2.75, 3.05) is 11.9 Å². The fraction of sp³-hybridized carbons (Fsp3) is 0.118. The molecule has 1 aromatic carbocycles. The van der Waals surface area contributed by atoms with Gasteiger partial charge >= 0.3 is 0 Å². The molecule has 0 bridgehead atoms. The van der Waals surface area contributed by atoms with Crippen LogP contribution >= 0.6 is 27.3 Å². The minimum absolute atomic E-state index is 0.745. The van der Waals surface area contributed by atoms with Crippen LogP contribution in [0.5, 0.6) is 0 Å². The molecule has 0 saturated heterocycles. The van der Waals surface area contributed by atoms with E-state index in [4.69, 9.17) is 5.10 Å². The van der Waals surface area contributed by atoms with E-state index in [9.17, 15) is 0 Å². The third-order valence-corrected chi connectivity index (χ3v) is 5.24. The average Bonchev–Trinajstić information content (AvgIpc) is 3.25. The van der Waals surface area contributed by atoms with Crippen LogP contribution in [-0.4, -0.2) is 26.9 Å². The van der Waals surface area contributed by atoms with E-state index in [1.54, 1.807) is 15.9 Å². The number of thiophene rings is 1. The van der Waals surface area contributed by atoms with Crippen LogP contribution in [-0.2, 0) is 6.54 Å². The summed E-state index contributed by atoms with van der Waals surface area (Å²) in [4.78, 5) is 2.11. The lowest BCUT2D eigenvalue weighted by Crippen LogP contribution is -2.19. The smallest absolute Gasteiger partial charge is 0.186 e. The van der Waals surface area contributed by atoms with Crippen LogP contribution in [0.2, 0.25) is 0 Å². The molecule has 0 aliphatic heterocycles. The second kappa shape index (κ2) is 6.33. The molecule has 0 unspecified atom stereocenters. The zero-order valence-corrected chi connectivity index (χ0v) is 15.3. The van der Waals surface area contributed by atoms with Gasteiger partial charge in [0.2, 0.25) is 0 Å². The van der Waals surface area contributed by atoms with Crippen LogP contribution in [0.4, 0.5) is 5.82 Å². The highest BCUT2D eigenvalue weighted by Crippen LogP contribution is 2.23. The van der Waals surface area contributed by atoms with Gasteiger partial charge < -0.3 is 4.90 Å². The first-order valence-electron chi connectivity index (χ1n) is 7.42. The van der Waals surface area contributed by atoms with Gasteiger partial charge in [0.15, 0.2) is 11.5 Å². The lowest BCUT2D eigenvalue weighted by atomic mass is 10.2. The standard InChI is InChI=1S/C17H14BrN5S/c1-22(10-12-4-2-3-5-14(12)18)16-7-6-15-19-20-17(23(15)21-16)13-8-9-24-11-13/h2-9,11H,10H2,1H3. The van der Waals surface area contributed by atoms with E-state index < -0.39 is 0 Å². The van der Waals surface area contributed by atoms with Crippen molar-refractivity contribution in [1.82, 2.24) is 19.8 Å². The molecular formula is C17H14BrN5S. The highest BCUT2D eigenvalue weighted by atomic mass is 79.9. The summed E-state index contributed by atoms with van der Waals surface area (Å²) < 4.78 is 2.90. The summed E-state index contributed by atoms with van der Waals surface area (Å²) in [5.41, 5.74) is 2.99. The van der Waals surface area contributed by atoms with Gasteiger partial charge in [-0.15, -0.1) is 15.3 Å². The van der Waals surface area contributed by atoms with Gasteiger partial charge in [-0.2, -0.15) is 15.9 Å². The van der Waals surface area contributed by atoms with Crippen molar-refractivity contribution in [3.8, 4) is 11.4 Å². The van der Waals surface area contributed by atoms with E-state index in [1.165, 1.54) is 5.56 Å². The van der Waals surface area contributed by atoms with Gasteiger partial charge in [-0.3, -0.25) is 0 Å². The molecular weight excluding hydrogens is 386 g/mol. The van der Waals surface area contributed by atoms with Gasteiger partial charge in [0, 0.05) is 29.0 Å². The molecule has 0 spiro atoms. The van der Waals surface area contributed by atoms with Crippen molar-refractivity contribution in [2.45, 2.75) is 6.54 Å². The number of aromatic nitrogens is 4. The van der Waals surface area contributed by atoms with Gasteiger partial charge in [-0.1, -0.05) is 34.1 Å². The van der Waals surface area contributed by atoms with Crippen molar-refractivity contribution in [2.24, 2.45) is 0 Å². The van der Waals surface area contributed by atoms with Crippen LogP contribution in [0.15, 0.2) is 57.7 Å². The normalized spacial score (nSPS) is 11.1. The first kappa shape index (κ1) is 15.3. The molecule has 3 heterocycles. The van der Waals surface area contributed by atoms with Gasteiger partial charge in [0.25, 0.3) is 0 Å². The van der Waals surface area contributed by atoms with Crippen molar-refractivity contribution >= 4 is 38.7 Å². The number of halogens is 1. The average molecular weight is 400 g/mol. The summed E-state index contributed by atoms with van der Waals surface area (Å²) in [6.07, 6.45) is 0. The number of rotatable bonds is 4. The number of nitrogens with zero attached hydrogens (tertiary/aromatic N) is 5. The van der Waals surface area contributed by atoms with Crippen LogP contribution in [0, 0.1) is 0 Å². The molecule has 3 aromatic heterocycles. The molecule has 120 valence electrons. The number of benzene rings is 1. The molecule has 0 fully saturated rings. The molecule has 0 saturated carbocycles. The molecule has 0 amide bonds. The molecule has 0 aliphatic rings. The Kier molecular flexibility index (Phi) is 4.03. The fourth-order valence-electron chi connectivity index (χ4n) is 2.52. The topological polar surface area (TPSA) is 46.3 Å². The zero-order valence-electron chi connectivity index (χ0n) is 12.9. The third kappa shape index (κ3) is 2.81. The Balaban J connectivity index is 1.69. The van der Waals surface area contributed by atoms with Crippen LogP contribution in [0.25, 0.3) is 17.0 Å². The van der Waals surface area contributed by atoms with Crippen molar-refractivity contribution < 1.29 is 0 Å². The van der Waals surface area contributed by atoms with E-state index in [2.05, 4.69) is 42.5 Å². The first-order valence-corrected chi connectivity index (χ1v) is 9.15. The van der Waals surface area contributed by atoms with E-state index in [0.29, 0.717) is 0 Å². The Labute approximate surface area is 151 Å². The molecule has 0 aliphatic carbocycles. The third-order valence-electron chi connectivity index (χ3n) is 3.78. The first-order chi connectivity index (χ1) is 11.7. The summed E-state index contributed by atoms with van der Waals surface area (Å²) >= 11 is 5.23. The SMILES string of the molecule is CN(Cc1ccccc1Br)c1ccc2nnc(-c3ccsc3)n2n1. The number of hydrogen-bond acceptors (Lipinski definition) is 5. The van der Waals surface area contributed by atoms with Crippen molar-refractivity contribution in [3.63, 3.8) is 0 Å². The lowest BCUT2D eigenvalue weighted by molar-refractivity contribution is 0.840. The molecule has 4 rings (SSSR count). The van der Waals surface area contributed by atoms with E-state index in [-0.39, 0.29) is 0 Å². The highest BCUT2D eigenvalue weighted by Gasteiger charge is 2.12. The summed E-state index contributed by atoms with van der Waals surface area (Å²) in [7, 11) is 2.03. The minimum Gasteiger partial charge on any atom is -0.354 e. The van der Waals surface area contributed by atoms with Gasteiger partial charge in [0.05, 0.1) is 0 Å². The quantitative estimate of drug-likeness (QED) is 0.514. The maximum Gasteiger partial charge on any atom is 0.186 e. The monoisotopic (exact) mass is 399 g/mol. The second-order valence-electron chi connectivity index (χ2n) is 5.44. The molecule has 0 N–H and O–H groups in total. The summed E-state index contributed by atoms with van der Waals surface area (Å²) in [6.45, 7) is 0.760. The Hall–Kier alpha value is -2.25. The summed E-state index contributed by atoms with van der Waals surface area (Å²) in [6, 6.07) is 14.2. The van der Waals surface area contributed by atoms with Crippen LogP contribution in [0.1, 0.15) is 5.56 Å². The maximum absolute atomic E-state index is 4.72. The molecule has 24 heavy (non-hydrogen) atoms. The number of anilines is 1. The summed E-state index contributed by atoms with van der Waals surface area (Å²) in [5.74, 6) is 1.64. The minimum atomic E-state index is 0.745. The number of hydrogen-bond donors (Lipinski definition) is 0. The molecule has 0 radical (unpaired) electrons. The number of fused-ring (bicyclic) bond motifs is 1. The van der Waals surface area contributed by atoms with E-state index >= 15 is 0 Å². The molecule has 5 nitrogen and oxygen atoms in total. The van der Waals surface area contributed by atoms with Crippen molar-refractivity contribution in [1.29, 1.82) is 0 Å². The maximum atomic E-state index is 4.72. The van der Waals surface area contributed by atoms with Crippen molar-refractivity contribution in [3.05, 3.63) is 63.3 Å². The Morgan fingerprint density at radius 2 is 2.00 bits per heavy atom. The second-order valence-corrected chi connectivity index (χ2v) is 7.08. The van der Waals surface area contributed by atoms with Gasteiger partial charge in [-0.25, -0.2) is 0 Å². The Bertz CT molecular complexity index is 980. The molecule has 4 aromatic rings. The van der Waals surface area contributed by atoms with Gasteiger partial charge in [0.1, 0.15) is 5.82 Å². The van der Waals surface area contributed by atoms with Crippen LogP contribution < -0.4 is 4.90 Å². The Morgan fingerprint density at radius 1 is 1.12 bits per heavy atom. The molecule has 7 heteroatoms. The Morgan fingerprint density at radius 3 is 2.79 bits per heavy atom. The van der Waals surface area contributed by atoms with E-state index in [0.717, 1.165) is 33.9 Å². The predicted molar refractivity (Wildman–Crippen MR) is 100 cm³/mol. The van der Waals surface area contributed by atoms with Gasteiger partial charge in [-0.05, 0) is 35.2 Å². The highest BCUT2D eigenvalue weighted by molar-refractivity contribution is 9.10. The lowest BCUT2D eigenvalue weighted by Gasteiger charge is -2.19. The predicted octanol–water partition coefficient (Wildman–Crippen LogP) is 4.25. The largest absolute Gasteiger partial charge is 0.354 e. The molecule has 0 atom stereocenters. The zero-order chi connectivity index (χ0) is 16.5. The van der Waals surface area contributed by atoms with E-state index in [1.807, 2.05) is 48.8 Å². The fourth-order valence-corrected chi connectivity index (χ4v) is 3.56. The summed E-state index contributed by atoms with van der Waals surface area (Å²) in [5, 5.41) is 17.3. The van der Waals surface area contributed by atoms with Crippen LogP contribution in [0.3, 0.4) is 0 Å².